The molecule has 1 amide bonds. The zero-order chi connectivity index (χ0) is 19.3. The molecule has 6 nitrogen and oxygen atoms in total. The van der Waals surface area contributed by atoms with Gasteiger partial charge in [-0.05, 0) is 43.1 Å². The molecule has 0 bridgehead atoms. The molecular weight excluding hydrogens is 397 g/mol. The molecule has 26 heavy (non-hydrogen) atoms. The van der Waals surface area contributed by atoms with Gasteiger partial charge in [0.25, 0.3) is 10.8 Å². The second kappa shape index (κ2) is 9.07. The SMILES string of the molecule is CCN(CC)c1ccc(/C=N\NC(=O)c2[nH+]c(Cl)c(Cl)c(N)c2Cl)cc1. The molecule has 1 heterocycles. The maximum atomic E-state index is 12.2. The Morgan fingerprint density at radius 3 is 2.38 bits per heavy atom. The summed E-state index contributed by atoms with van der Waals surface area (Å²) in [7, 11) is 0. The molecule has 0 aliphatic rings. The monoisotopic (exact) mass is 414 g/mol. The van der Waals surface area contributed by atoms with Crippen LogP contribution >= 0.6 is 34.8 Å². The molecule has 2 rings (SSSR count). The van der Waals surface area contributed by atoms with E-state index in [1.807, 2.05) is 24.3 Å². The number of anilines is 2. The number of pyridine rings is 1. The highest BCUT2D eigenvalue weighted by atomic mass is 35.5. The Hall–Kier alpha value is -2.02. The highest BCUT2D eigenvalue weighted by Crippen LogP contribution is 2.31. The average Bonchev–Trinajstić information content (AvgIpc) is 2.65. The summed E-state index contributed by atoms with van der Waals surface area (Å²) in [6.07, 6.45) is 1.53. The van der Waals surface area contributed by atoms with E-state index in [9.17, 15) is 4.79 Å². The van der Waals surface area contributed by atoms with Gasteiger partial charge in [-0.25, -0.2) is 5.43 Å². The van der Waals surface area contributed by atoms with Crippen LogP contribution in [-0.2, 0) is 0 Å². The zero-order valence-electron chi connectivity index (χ0n) is 14.3. The number of H-pyrrole nitrogens is 1. The first-order valence-electron chi connectivity index (χ1n) is 7.92. The third-order valence-corrected chi connectivity index (χ3v) is 4.91. The number of rotatable bonds is 6. The van der Waals surface area contributed by atoms with Gasteiger partial charge in [0, 0.05) is 18.8 Å². The third kappa shape index (κ3) is 4.58. The molecule has 2 aromatic rings. The van der Waals surface area contributed by atoms with Gasteiger partial charge < -0.3 is 10.6 Å². The molecular formula is C17H19Cl3N5O+. The number of aromatic nitrogens is 1. The number of nitrogens with two attached hydrogens (primary N) is 1. The van der Waals surface area contributed by atoms with E-state index in [2.05, 4.69) is 34.3 Å². The van der Waals surface area contributed by atoms with Crippen LogP contribution in [0.15, 0.2) is 29.4 Å². The van der Waals surface area contributed by atoms with E-state index in [1.54, 1.807) is 0 Å². The lowest BCUT2D eigenvalue weighted by molar-refractivity contribution is -0.379. The quantitative estimate of drug-likeness (QED) is 0.429. The van der Waals surface area contributed by atoms with Crippen LogP contribution in [0.2, 0.25) is 15.2 Å². The molecule has 1 aromatic heterocycles. The Bertz CT molecular complexity index is 820. The second-order valence-electron chi connectivity index (χ2n) is 5.32. The Morgan fingerprint density at radius 1 is 1.19 bits per heavy atom. The highest BCUT2D eigenvalue weighted by Gasteiger charge is 2.25. The van der Waals surface area contributed by atoms with Crippen LogP contribution in [0.4, 0.5) is 11.4 Å². The molecule has 9 heteroatoms. The number of carbonyl (C=O) groups is 1. The van der Waals surface area contributed by atoms with Gasteiger partial charge in [0.15, 0.2) is 0 Å². The Balaban J connectivity index is 2.08. The number of hydrazone groups is 1. The standard InChI is InChI=1S/C17H18Cl3N5O/c1-3-25(4-2)11-7-5-10(6-8-11)9-22-24-17(26)15-12(18)14(21)13(19)16(20)23-15/h5-9H,3-4H2,1-2H3,(H2,21,23)(H,24,26)/p+1/b22-9-. The summed E-state index contributed by atoms with van der Waals surface area (Å²) in [4.78, 5) is 17.0. The molecule has 0 saturated carbocycles. The first kappa shape index (κ1) is 20.3. The maximum Gasteiger partial charge on any atom is 0.337 e. The van der Waals surface area contributed by atoms with Crippen molar-refractivity contribution in [3.05, 3.63) is 50.7 Å². The minimum atomic E-state index is -0.587. The van der Waals surface area contributed by atoms with Crippen molar-refractivity contribution >= 4 is 58.3 Å². The Labute approximate surface area is 166 Å². The highest BCUT2D eigenvalue weighted by molar-refractivity contribution is 6.45. The molecule has 0 spiro atoms. The van der Waals surface area contributed by atoms with Crippen LogP contribution in [0.3, 0.4) is 0 Å². The number of benzene rings is 1. The van der Waals surface area contributed by atoms with Gasteiger partial charge >= 0.3 is 5.91 Å². The van der Waals surface area contributed by atoms with Crippen molar-refractivity contribution in [2.75, 3.05) is 23.7 Å². The first-order chi connectivity index (χ1) is 12.4. The van der Waals surface area contributed by atoms with Crippen molar-refractivity contribution in [1.29, 1.82) is 0 Å². The molecule has 0 aliphatic carbocycles. The minimum absolute atomic E-state index is 0.0179. The van der Waals surface area contributed by atoms with E-state index in [0.29, 0.717) is 0 Å². The summed E-state index contributed by atoms with van der Waals surface area (Å²) in [5, 5.41) is 3.99. The van der Waals surface area contributed by atoms with E-state index in [0.717, 1.165) is 24.3 Å². The Kier molecular flexibility index (Phi) is 7.08. The number of aromatic amines is 1. The van der Waals surface area contributed by atoms with E-state index >= 15 is 0 Å². The number of carbonyl (C=O) groups excluding carboxylic acids is 1. The molecule has 0 saturated heterocycles. The summed E-state index contributed by atoms with van der Waals surface area (Å²) < 4.78 is 0. The van der Waals surface area contributed by atoms with Crippen LogP contribution in [0.1, 0.15) is 29.9 Å². The predicted octanol–water partition coefficient (Wildman–Crippen LogP) is 3.65. The van der Waals surface area contributed by atoms with Crippen molar-refractivity contribution in [2.45, 2.75) is 13.8 Å². The van der Waals surface area contributed by atoms with Gasteiger partial charge in [0.05, 0.1) is 11.9 Å². The fourth-order valence-corrected chi connectivity index (χ4v) is 2.92. The fraction of sp³-hybridized carbons (Fsp3) is 0.235. The smallest absolute Gasteiger partial charge is 0.337 e. The molecule has 138 valence electrons. The molecule has 0 atom stereocenters. The number of halogens is 3. The summed E-state index contributed by atoms with van der Waals surface area (Å²) in [6.45, 7) is 6.08. The van der Waals surface area contributed by atoms with Gasteiger partial charge in [-0.15, -0.1) is 0 Å². The number of nitrogens with one attached hydrogen (secondary N) is 2. The zero-order valence-corrected chi connectivity index (χ0v) is 16.6. The predicted molar refractivity (Wildman–Crippen MR) is 108 cm³/mol. The first-order valence-corrected chi connectivity index (χ1v) is 9.06. The second-order valence-corrected chi connectivity index (χ2v) is 6.45. The molecule has 1 aromatic carbocycles. The van der Waals surface area contributed by atoms with Gasteiger partial charge in [0.1, 0.15) is 10.0 Å². The lowest BCUT2D eigenvalue weighted by Crippen LogP contribution is -2.28. The lowest BCUT2D eigenvalue weighted by atomic mass is 10.2. The molecule has 0 aliphatic heterocycles. The van der Waals surface area contributed by atoms with E-state index in [1.165, 1.54) is 6.21 Å². The maximum absolute atomic E-state index is 12.2. The topological polar surface area (TPSA) is 84.9 Å². The summed E-state index contributed by atoms with van der Waals surface area (Å²) >= 11 is 17.8. The van der Waals surface area contributed by atoms with Gasteiger partial charge in [-0.3, -0.25) is 4.79 Å². The van der Waals surface area contributed by atoms with Gasteiger partial charge in [0.2, 0.25) is 0 Å². The number of hydrogen-bond acceptors (Lipinski definition) is 4. The van der Waals surface area contributed by atoms with Crippen molar-refractivity contribution in [2.24, 2.45) is 5.10 Å². The van der Waals surface area contributed by atoms with Crippen LogP contribution in [0.5, 0.6) is 0 Å². The van der Waals surface area contributed by atoms with E-state index in [4.69, 9.17) is 40.5 Å². The van der Waals surface area contributed by atoms with Gasteiger partial charge in [-0.1, -0.05) is 35.3 Å². The molecule has 0 unspecified atom stereocenters. The van der Waals surface area contributed by atoms with E-state index < -0.39 is 5.91 Å². The number of amides is 1. The van der Waals surface area contributed by atoms with Crippen LogP contribution in [-0.4, -0.2) is 25.2 Å². The van der Waals surface area contributed by atoms with Crippen molar-refractivity contribution < 1.29 is 9.78 Å². The summed E-state index contributed by atoms with van der Waals surface area (Å²) in [5.41, 5.74) is 10.1. The number of nitrogens with zero attached hydrogens (tertiary/aromatic N) is 2. The van der Waals surface area contributed by atoms with Gasteiger partial charge in [-0.2, -0.15) is 10.1 Å². The van der Waals surface area contributed by atoms with Crippen molar-refractivity contribution in [3.63, 3.8) is 0 Å². The fourth-order valence-electron chi connectivity index (χ4n) is 2.31. The van der Waals surface area contributed by atoms with Crippen LogP contribution < -0.4 is 21.0 Å². The normalized spacial score (nSPS) is 11.0. The molecule has 0 radical (unpaired) electrons. The lowest BCUT2D eigenvalue weighted by Gasteiger charge is -2.20. The average molecular weight is 416 g/mol. The largest absolute Gasteiger partial charge is 0.396 e. The third-order valence-electron chi connectivity index (χ3n) is 3.75. The number of nitrogen functional groups attached to an aromatic ring is 1. The summed E-state index contributed by atoms with van der Waals surface area (Å²) in [6, 6.07) is 7.83. The summed E-state index contributed by atoms with van der Waals surface area (Å²) in [5.74, 6) is -0.587. The van der Waals surface area contributed by atoms with Crippen LogP contribution in [0, 0.1) is 0 Å². The van der Waals surface area contributed by atoms with Crippen molar-refractivity contribution in [1.82, 2.24) is 5.43 Å². The Morgan fingerprint density at radius 2 is 1.81 bits per heavy atom. The van der Waals surface area contributed by atoms with E-state index in [-0.39, 0.29) is 26.6 Å². The minimum Gasteiger partial charge on any atom is -0.396 e. The molecule has 0 fully saturated rings. The van der Waals surface area contributed by atoms with Crippen LogP contribution in [0.25, 0.3) is 0 Å². The number of hydrogen-bond donors (Lipinski definition) is 2. The van der Waals surface area contributed by atoms with Crippen molar-refractivity contribution in [3.8, 4) is 0 Å². The molecule has 4 N–H and O–H groups in total.